The lowest BCUT2D eigenvalue weighted by Crippen LogP contribution is -2.35. The molecule has 1 saturated heterocycles. The number of hydrogen-bond acceptors (Lipinski definition) is 3. The van der Waals surface area contributed by atoms with Crippen molar-refractivity contribution in [3.05, 3.63) is 24.3 Å². The summed E-state index contributed by atoms with van der Waals surface area (Å²) in [7, 11) is 0. The zero-order valence-corrected chi connectivity index (χ0v) is 9.72. The summed E-state index contributed by atoms with van der Waals surface area (Å²) in [5.74, 6) is 1.13. The van der Waals surface area contributed by atoms with Gasteiger partial charge in [-0.2, -0.15) is 0 Å². The molecule has 1 fully saturated rings. The van der Waals surface area contributed by atoms with Gasteiger partial charge in [-0.3, -0.25) is 0 Å². The normalized spacial score (nSPS) is 21.5. The van der Waals surface area contributed by atoms with Gasteiger partial charge < -0.3 is 11.1 Å². The minimum Gasteiger partial charge on any atom is -0.398 e. The second-order valence-electron chi connectivity index (χ2n) is 4.00. The van der Waals surface area contributed by atoms with Crippen molar-refractivity contribution in [2.45, 2.75) is 30.2 Å². The molecule has 15 heavy (non-hydrogen) atoms. The van der Waals surface area contributed by atoms with Crippen molar-refractivity contribution in [2.24, 2.45) is 0 Å². The smallest absolute Gasteiger partial charge is 0.0452 e. The number of piperidine rings is 1. The molecule has 0 aromatic heterocycles. The fourth-order valence-electron chi connectivity index (χ4n) is 1.87. The van der Waals surface area contributed by atoms with E-state index in [4.69, 9.17) is 5.73 Å². The molecular weight excluding hydrogens is 204 g/mol. The number of rotatable bonds is 3. The van der Waals surface area contributed by atoms with Crippen LogP contribution in [0.2, 0.25) is 0 Å². The summed E-state index contributed by atoms with van der Waals surface area (Å²) < 4.78 is 0. The Balaban J connectivity index is 1.84. The third-order valence-corrected chi connectivity index (χ3v) is 4.02. The highest BCUT2D eigenvalue weighted by molar-refractivity contribution is 7.99. The Labute approximate surface area is 95.6 Å². The van der Waals surface area contributed by atoms with Gasteiger partial charge in [0.05, 0.1) is 0 Å². The van der Waals surface area contributed by atoms with E-state index in [0.717, 1.165) is 11.4 Å². The summed E-state index contributed by atoms with van der Waals surface area (Å²) in [6, 6.07) is 8.77. The third-order valence-electron chi connectivity index (χ3n) is 2.77. The van der Waals surface area contributed by atoms with Crippen molar-refractivity contribution in [1.82, 2.24) is 5.32 Å². The molecule has 3 N–H and O–H groups in total. The molecule has 1 aliphatic rings. The first kappa shape index (κ1) is 10.8. The van der Waals surface area contributed by atoms with Crippen LogP contribution in [0.5, 0.6) is 0 Å². The largest absolute Gasteiger partial charge is 0.398 e. The molecule has 82 valence electrons. The minimum atomic E-state index is 0.670. The molecule has 1 unspecified atom stereocenters. The Morgan fingerprint density at radius 1 is 1.33 bits per heavy atom. The average Bonchev–Trinajstić information content (AvgIpc) is 2.29. The molecule has 0 bridgehead atoms. The van der Waals surface area contributed by atoms with E-state index in [-0.39, 0.29) is 0 Å². The van der Waals surface area contributed by atoms with Crippen LogP contribution in [0, 0.1) is 0 Å². The standard InChI is InChI=1S/C12H18N2S/c13-11-6-1-2-7-12(11)15-9-10-5-3-4-8-14-10/h1-2,6-7,10,14H,3-5,8-9,13H2. The zero-order chi connectivity index (χ0) is 10.5. The summed E-state index contributed by atoms with van der Waals surface area (Å²) >= 11 is 1.87. The van der Waals surface area contributed by atoms with Crippen LogP contribution in [0.3, 0.4) is 0 Å². The molecule has 1 atom stereocenters. The van der Waals surface area contributed by atoms with E-state index in [9.17, 15) is 0 Å². The van der Waals surface area contributed by atoms with Gasteiger partial charge in [0, 0.05) is 22.4 Å². The lowest BCUT2D eigenvalue weighted by atomic mass is 10.1. The fraction of sp³-hybridized carbons (Fsp3) is 0.500. The van der Waals surface area contributed by atoms with E-state index in [1.807, 2.05) is 30.0 Å². The second kappa shape index (κ2) is 5.42. The maximum Gasteiger partial charge on any atom is 0.0452 e. The molecule has 1 heterocycles. The van der Waals surface area contributed by atoms with E-state index in [0.29, 0.717) is 6.04 Å². The predicted octanol–water partition coefficient (Wildman–Crippen LogP) is 2.50. The maximum atomic E-state index is 5.89. The number of hydrogen-bond donors (Lipinski definition) is 2. The lowest BCUT2D eigenvalue weighted by Gasteiger charge is -2.23. The zero-order valence-electron chi connectivity index (χ0n) is 8.91. The van der Waals surface area contributed by atoms with E-state index < -0.39 is 0 Å². The predicted molar refractivity (Wildman–Crippen MR) is 67.2 cm³/mol. The summed E-state index contributed by atoms with van der Waals surface area (Å²) in [6.07, 6.45) is 4.00. The first-order valence-electron chi connectivity index (χ1n) is 5.57. The van der Waals surface area contributed by atoms with Crippen LogP contribution in [0.15, 0.2) is 29.2 Å². The monoisotopic (exact) mass is 222 g/mol. The van der Waals surface area contributed by atoms with Crippen LogP contribution in [0.25, 0.3) is 0 Å². The van der Waals surface area contributed by atoms with Crippen molar-refractivity contribution in [3.8, 4) is 0 Å². The Hall–Kier alpha value is -0.670. The molecule has 2 rings (SSSR count). The first-order chi connectivity index (χ1) is 7.36. The van der Waals surface area contributed by atoms with Crippen LogP contribution >= 0.6 is 11.8 Å². The Morgan fingerprint density at radius 2 is 2.20 bits per heavy atom. The first-order valence-corrected chi connectivity index (χ1v) is 6.55. The van der Waals surface area contributed by atoms with Gasteiger partial charge in [-0.15, -0.1) is 11.8 Å². The molecule has 0 saturated carbocycles. The van der Waals surface area contributed by atoms with Gasteiger partial charge in [0.15, 0.2) is 0 Å². The van der Waals surface area contributed by atoms with Crippen LogP contribution in [-0.2, 0) is 0 Å². The highest BCUT2D eigenvalue weighted by Gasteiger charge is 2.12. The summed E-state index contributed by atoms with van der Waals surface area (Å²) in [5.41, 5.74) is 6.80. The van der Waals surface area contributed by atoms with Gasteiger partial charge in [-0.05, 0) is 31.5 Å². The molecule has 0 spiro atoms. The Bertz CT molecular complexity index is 308. The number of nitrogens with one attached hydrogen (secondary N) is 1. The number of anilines is 1. The van der Waals surface area contributed by atoms with E-state index in [2.05, 4.69) is 11.4 Å². The highest BCUT2D eigenvalue weighted by atomic mass is 32.2. The fourth-order valence-corrected chi connectivity index (χ4v) is 2.94. The van der Waals surface area contributed by atoms with E-state index in [1.54, 1.807) is 0 Å². The van der Waals surface area contributed by atoms with Gasteiger partial charge in [-0.25, -0.2) is 0 Å². The van der Waals surface area contributed by atoms with Crippen molar-refractivity contribution in [3.63, 3.8) is 0 Å². The molecule has 1 aromatic rings. The van der Waals surface area contributed by atoms with Crippen LogP contribution in [0.4, 0.5) is 5.69 Å². The lowest BCUT2D eigenvalue weighted by molar-refractivity contribution is 0.430. The van der Waals surface area contributed by atoms with Gasteiger partial charge in [0.1, 0.15) is 0 Å². The minimum absolute atomic E-state index is 0.670. The van der Waals surface area contributed by atoms with Crippen molar-refractivity contribution in [1.29, 1.82) is 0 Å². The number of nitrogen functional groups attached to an aromatic ring is 1. The molecule has 1 aromatic carbocycles. The number of nitrogens with two attached hydrogens (primary N) is 1. The van der Waals surface area contributed by atoms with Crippen molar-refractivity contribution < 1.29 is 0 Å². The van der Waals surface area contributed by atoms with Crippen LogP contribution in [-0.4, -0.2) is 18.3 Å². The van der Waals surface area contributed by atoms with Crippen LogP contribution in [0.1, 0.15) is 19.3 Å². The molecule has 3 heteroatoms. The summed E-state index contributed by atoms with van der Waals surface area (Å²) in [4.78, 5) is 1.21. The quantitative estimate of drug-likeness (QED) is 0.609. The van der Waals surface area contributed by atoms with E-state index >= 15 is 0 Å². The van der Waals surface area contributed by atoms with Gasteiger partial charge in [0.2, 0.25) is 0 Å². The number of benzene rings is 1. The summed E-state index contributed by atoms with van der Waals surface area (Å²) in [6.45, 7) is 1.18. The molecule has 0 amide bonds. The van der Waals surface area contributed by atoms with Gasteiger partial charge in [-0.1, -0.05) is 18.6 Å². The maximum absolute atomic E-state index is 5.89. The molecule has 2 nitrogen and oxygen atoms in total. The van der Waals surface area contributed by atoms with E-state index in [1.165, 1.54) is 30.7 Å². The second-order valence-corrected chi connectivity index (χ2v) is 5.06. The highest BCUT2D eigenvalue weighted by Crippen LogP contribution is 2.26. The molecule has 0 aliphatic carbocycles. The molecular formula is C12H18N2S. The number of thioether (sulfide) groups is 1. The topological polar surface area (TPSA) is 38.0 Å². The SMILES string of the molecule is Nc1ccccc1SCC1CCCCN1. The van der Waals surface area contributed by atoms with Gasteiger partial charge >= 0.3 is 0 Å². The number of para-hydroxylation sites is 1. The molecule has 1 aliphatic heterocycles. The third kappa shape index (κ3) is 3.14. The molecule has 0 radical (unpaired) electrons. The van der Waals surface area contributed by atoms with Crippen LogP contribution < -0.4 is 11.1 Å². The Kier molecular flexibility index (Phi) is 3.92. The van der Waals surface area contributed by atoms with Crippen molar-refractivity contribution >= 4 is 17.4 Å². The average molecular weight is 222 g/mol. The van der Waals surface area contributed by atoms with Gasteiger partial charge in [0.25, 0.3) is 0 Å². The Morgan fingerprint density at radius 3 is 2.93 bits per heavy atom. The van der Waals surface area contributed by atoms with Crippen molar-refractivity contribution in [2.75, 3.05) is 18.0 Å². The summed E-state index contributed by atoms with van der Waals surface area (Å²) in [5, 5.41) is 3.55.